The number of hydrogen-bond donors (Lipinski definition) is 1. The van der Waals surface area contributed by atoms with Gasteiger partial charge in [0, 0.05) is 16.8 Å². The molecule has 0 bridgehead atoms. The molecule has 1 N–H and O–H groups in total. The number of hydrogen-bond acceptors (Lipinski definition) is 1. The number of nitrogens with one attached hydrogen (secondary N) is 1. The Morgan fingerprint density at radius 1 is 1.44 bits per heavy atom. The van der Waals surface area contributed by atoms with Crippen LogP contribution in [0.5, 0.6) is 0 Å². The second-order valence-electron chi connectivity index (χ2n) is 4.25. The van der Waals surface area contributed by atoms with Crippen molar-refractivity contribution in [2.75, 3.05) is 0 Å². The monoisotopic (exact) mass is 272 g/mol. The van der Waals surface area contributed by atoms with Crippen molar-refractivity contribution in [3.63, 3.8) is 0 Å². The third kappa shape index (κ3) is 1.99. The zero-order valence-corrected chi connectivity index (χ0v) is 11.3. The third-order valence-electron chi connectivity index (χ3n) is 3.18. The number of H-pyrrole nitrogens is 1. The van der Waals surface area contributed by atoms with Crippen molar-refractivity contribution in [1.29, 1.82) is 0 Å². The Balaban J connectivity index is 0.000000574. The zero-order chi connectivity index (χ0) is 13.5. The highest BCUT2D eigenvalue weighted by Crippen LogP contribution is 2.58. The van der Waals surface area contributed by atoms with Gasteiger partial charge in [-0.25, -0.2) is 8.78 Å². The Kier molecular flexibility index (Phi) is 3.32. The molecule has 1 saturated carbocycles. The first-order valence-electron chi connectivity index (χ1n) is 6.00. The Bertz CT molecular complexity index is 578. The number of benzene rings is 1. The van der Waals surface area contributed by atoms with E-state index in [0.29, 0.717) is 10.6 Å². The van der Waals surface area contributed by atoms with Crippen molar-refractivity contribution < 1.29 is 8.78 Å². The van der Waals surface area contributed by atoms with E-state index in [9.17, 15) is 8.78 Å². The molecule has 1 heterocycles. The van der Waals surface area contributed by atoms with Crippen LogP contribution in [0.3, 0.4) is 0 Å². The normalized spacial score (nSPS) is 20.4. The highest BCUT2D eigenvalue weighted by Gasteiger charge is 2.58. The lowest BCUT2D eigenvalue weighted by atomic mass is 10.0. The van der Waals surface area contributed by atoms with Gasteiger partial charge in [-0.15, -0.1) is 0 Å². The maximum atomic E-state index is 13.1. The summed E-state index contributed by atoms with van der Waals surface area (Å²) in [6, 6.07) is 1.67. The second-order valence-corrected chi connectivity index (χ2v) is 4.65. The van der Waals surface area contributed by atoms with Gasteiger partial charge in [0.15, 0.2) is 0 Å². The van der Waals surface area contributed by atoms with Crippen LogP contribution < -0.4 is 0 Å². The van der Waals surface area contributed by atoms with Crippen LogP contribution in [-0.4, -0.2) is 16.1 Å². The molecule has 1 unspecified atom stereocenters. The Hall–Kier alpha value is -1.16. The van der Waals surface area contributed by atoms with E-state index in [0.717, 1.165) is 16.5 Å². The van der Waals surface area contributed by atoms with Crippen LogP contribution >= 0.6 is 11.6 Å². The van der Waals surface area contributed by atoms with Crippen molar-refractivity contribution in [2.45, 2.75) is 39.0 Å². The molecule has 1 aromatic heterocycles. The van der Waals surface area contributed by atoms with Crippen LogP contribution in [0.2, 0.25) is 5.02 Å². The van der Waals surface area contributed by atoms with Crippen molar-refractivity contribution in [3.05, 3.63) is 28.4 Å². The maximum Gasteiger partial charge on any atom is 0.255 e. The summed E-state index contributed by atoms with van der Waals surface area (Å²) < 4.78 is 26.2. The Morgan fingerprint density at radius 3 is 2.61 bits per heavy atom. The van der Waals surface area contributed by atoms with E-state index in [1.54, 1.807) is 12.3 Å². The van der Waals surface area contributed by atoms with E-state index >= 15 is 0 Å². The molecule has 2 nitrogen and oxygen atoms in total. The number of aromatic nitrogens is 2. The minimum absolute atomic E-state index is 0.100. The third-order valence-corrected chi connectivity index (χ3v) is 3.49. The molecule has 2 aromatic rings. The van der Waals surface area contributed by atoms with Crippen molar-refractivity contribution in [1.82, 2.24) is 10.2 Å². The standard InChI is InChI=1S/C11H9ClF2N2.C2H6/c1-5-6-4-15-16-9(6)2-8(12)10(5)7-3-11(7,13)14;1-2/h2,4,7H,3H2,1H3,(H,15,16);1-2H3. The van der Waals surface area contributed by atoms with Crippen molar-refractivity contribution in [3.8, 4) is 0 Å². The van der Waals surface area contributed by atoms with E-state index < -0.39 is 11.8 Å². The molecule has 1 fully saturated rings. The van der Waals surface area contributed by atoms with Gasteiger partial charge in [-0.2, -0.15) is 5.10 Å². The lowest BCUT2D eigenvalue weighted by Crippen LogP contribution is -1.97. The SMILES string of the molecule is CC.Cc1c(C2CC2(F)F)c(Cl)cc2[nH]ncc12. The largest absolute Gasteiger partial charge is 0.278 e. The first-order valence-corrected chi connectivity index (χ1v) is 6.38. The summed E-state index contributed by atoms with van der Waals surface area (Å²) in [4.78, 5) is 0. The summed E-state index contributed by atoms with van der Waals surface area (Å²) in [6.45, 7) is 5.81. The van der Waals surface area contributed by atoms with E-state index in [4.69, 9.17) is 11.6 Å². The van der Waals surface area contributed by atoms with Crippen molar-refractivity contribution >= 4 is 22.5 Å². The molecule has 3 rings (SSSR count). The van der Waals surface area contributed by atoms with Gasteiger partial charge in [-0.3, -0.25) is 5.10 Å². The molecular weight excluding hydrogens is 258 g/mol. The highest BCUT2D eigenvalue weighted by molar-refractivity contribution is 6.32. The summed E-state index contributed by atoms with van der Waals surface area (Å²) in [5.41, 5.74) is 2.16. The Labute approximate surface area is 109 Å². The van der Waals surface area contributed by atoms with Crippen LogP contribution in [0.15, 0.2) is 12.3 Å². The lowest BCUT2D eigenvalue weighted by molar-refractivity contribution is 0.112. The fraction of sp³-hybridized carbons (Fsp3) is 0.462. The topological polar surface area (TPSA) is 28.7 Å². The second kappa shape index (κ2) is 4.50. The van der Waals surface area contributed by atoms with Gasteiger partial charge < -0.3 is 0 Å². The maximum absolute atomic E-state index is 13.1. The summed E-state index contributed by atoms with van der Waals surface area (Å²) >= 11 is 6.05. The lowest BCUT2D eigenvalue weighted by Gasteiger charge is -2.08. The number of fused-ring (bicyclic) bond motifs is 1. The van der Waals surface area contributed by atoms with Gasteiger partial charge in [-0.05, 0) is 24.1 Å². The number of rotatable bonds is 1. The average Bonchev–Trinajstić information content (AvgIpc) is 2.77. The summed E-state index contributed by atoms with van der Waals surface area (Å²) in [6.07, 6.45) is 1.54. The van der Waals surface area contributed by atoms with Crippen LogP contribution in [0.1, 0.15) is 37.3 Å². The average molecular weight is 273 g/mol. The number of aromatic amines is 1. The highest BCUT2D eigenvalue weighted by atomic mass is 35.5. The van der Waals surface area contributed by atoms with Crippen molar-refractivity contribution in [2.24, 2.45) is 0 Å². The molecule has 18 heavy (non-hydrogen) atoms. The minimum Gasteiger partial charge on any atom is -0.278 e. The predicted molar refractivity (Wildman–Crippen MR) is 69.5 cm³/mol. The van der Waals surface area contributed by atoms with E-state index in [1.807, 2.05) is 20.8 Å². The number of alkyl halides is 2. The van der Waals surface area contributed by atoms with Gasteiger partial charge in [-0.1, -0.05) is 25.4 Å². The molecule has 1 aliphatic rings. The van der Waals surface area contributed by atoms with Gasteiger partial charge in [0.1, 0.15) is 0 Å². The molecule has 0 radical (unpaired) electrons. The number of nitrogens with zero attached hydrogens (tertiary/aromatic N) is 1. The molecule has 0 aliphatic heterocycles. The summed E-state index contributed by atoms with van der Waals surface area (Å²) in [5, 5.41) is 7.94. The molecular formula is C13H15ClF2N2. The number of halogens is 3. The molecule has 0 spiro atoms. The predicted octanol–water partition coefficient (Wildman–Crippen LogP) is 4.67. The van der Waals surface area contributed by atoms with Crippen LogP contribution in [0.4, 0.5) is 8.78 Å². The van der Waals surface area contributed by atoms with Crippen LogP contribution in [0.25, 0.3) is 10.9 Å². The summed E-state index contributed by atoms with van der Waals surface area (Å²) in [7, 11) is 0. The first-order chi connectivity index (χ1) is 8.50. The quantitative estimate of drug-likeness (QED) is 0.803. The fourth-order valence-corrected chi connectivity index (χ4v) is 2.57. The molecule has 98 valence electrons. The van der Waals surface area contributed by atoms with E-state index in [-0.39, 0.29) is 6.42 Å². The summed E-state index contributed by atoms with van der Waals surface area (Å²) in [5.74, 6) is -3.31. The van der Waals surface area contributed by atoms with Crippen LogP contribution in [-0.2, 0) is 0 Å². The molecule has 1 aliphatic carbocycles. The van der Waals surface area contributed by atoms with E-state index in [2.05, 4.69) is 10.2 Å². The smallest absolute Gasteiger partial charge is 0.255 e. The Morgan fingerprint density at radius 2 is 2.06 bits per heavy atom. The number of aryl methyl sites for hydroxylation is 1. The first kappa shape index (κ1) is 13.3. The molecule has 5 heteroatoms. The van der Waals surface area contributed by atoms with Gasteiger partial charge in [0.2, 0.25) is 0 Å². The zero-order valence-electron chi connectivity index (χ0n) is 10.5. The molecule has 1 aromatic carbocycles. The molecule has 1 atom stereocenters. The van der Waals surface area contributed by atoms with Crippen LogP contribution in [0, 0.1) is 6.92 Å². The van der Waals surface area contributed by atoms with Gasteiger partial charge in [0.25, 0.3) is 5.92 Å². The molecule has 0 saturated heterocycles. The minimum atomic E-state index is -2.59. The van der Waals surface area contributed by atoms with Gasteiger partial charge >= 0.3 is 0 Å². The fourth-order valence-electron chi connectivity index (χ4n) is 2.19. The molecule has 0 amide bonds. The van der Waals surface area contributed by atoms with E-state index in [1.165, 1.54) is 0 Å². The van der Waals surface area contributed by atoms with Gasteiger partial charge in [0.05, 0.1) is 17.6 Å².